The number of amides is 1. The molecule has 0 atom stereocenters. The molecular formula is C14H16N4O. The van der Waals surface area contributed by atoms with Crippen LogP contribution in [0.4, 0.5) is 5.69 Å². The summed E-state index contributed by atoms with van der Waals surface area (Å²) in [5.41, 5.74) is 2.25. The molecule has 0 spiro atoms. The molecule has 0 radical (unpaired) electrons. The number of carbonyl (C=O) groups excluding carboxylic acids is 1. The molecule has 1 N–H and O–H groups in total. The largest absolute Gasteiger partial charge is 0.321 e. The van der Waals surface area contributed by atoms with Crippen molar-refractivity contribution in [3.63, 3.8) is 0 Å². The standard InChI is InChI=1S/C14H16N4O/c1-18(2)10-11-3-5-12(6-4-11)17-14(19)13-9-15-7-8-16-13/h3-9H,10H2,1-2H3,(H,17,19). The second kappa shape index (κ2) is 6.06. The molecule has 0 aliphatic heterocycles. The number of hydrogen-bond donors (Lipinski definition) is 1. The van der Waals surface area contributed by atoms with Gasteiger partial charge in [0.25, 0.3) is 5.91 Å². The van der Waals surface area contributed by atoms with E-state index in [-0.39, 0.29) is 5.91 Å². The van der Waals surface area contributed by atoms with Crippen LogP contribution in [0.25, 0.3) is 0 Å². The molecule has 0 bridgehead atoms. The van der Waals surface area contributed by atoms with Gasteiger partial charge in [-0.1, -0.05) is 12.1 Å². The van der Waals surface area contributed by atoms with E-state index in [1.807, 2.05) is 38.4 Å². The Bertz CT molecular complexity index is 537. The Balaban J connectivity index is 2.02. The number of carbonyl (C=O) groups is 1. The summed E-state index contributed by atoms with van der Waals surface area (Å²) in [5, 5.41) is 2.78. The van der Waals surface area contributed by atoms with Gasteiger partial charge in [0.2, 0.25) is 0 Å². The fraction of sp³-hybridized carbons (Fsp3) is 0.214. The Kier molecular flexibility index (Phi) is 4.20. The minimum atomic E-state index is -0.256. The van der Waals surface area contributed by atoms with Gasteiger partial charge in [-0.2, -0.15) is 0 Å². The normalized spacial score (nSPS) is 10.5. The average molecular weight is 256 g/mol. The number of nitrogens with zero attached hydrogens (tertiary/aromatic N) is 3. The highest BCUT2D eigenvalue weighted by atomic mass is 16.1. The van der Waals surface area contributed by atoms with Crippen LogP contribution in [0, 0.1) is 0 Å². The Hall–Kier alpha value is -2.27. The van der Waals surface area contributed by atoms with Crippen LogP contribution in [-0.4, -0.2) is 34.9 Å². The molecule has 2 aromatic rings. The van der Waals surface area contributed by atoms with Gasteiger partial charge >= 0.3 is 0 Å². The van der Waals surface area contributed by atoms with Crippen LogP contribution < -0.4 is 5.32 Å². The molecule has 19 heavy (non-hydrogen) atoms. The summed E-state index contributed by atoms with van der Waals surface area (Å²) >= 11 is 0. The van der Waals surface area contributed by atoms with E-state index in [9.17, 15) is 4.79 Å². The predicted octanol–water partition coefficient (Wildman–Crippen LogP) is 1.79. The van der Waals surface area contributed by atoms with Crippen molar-refractivity contribution in [3.8, 4) is 0 Å². The zero-order chi connectivity index (χ0) is 13.7. The molecule has 0 saturated carbocycles. The molecule has 0 aliphatic carbocycles. The van der Waals surface area contributed by atoms with E-state index in [0.717, 1.165) is 12.2 Å². The predicted molar refractivity (Wildman–Crippen MR) is 73.8 cm³/mol. The van der Waals surface area contributed by atoms with Gasteiger partial charge in [0.15, 0.2) is 0 Å². The lowest BCUT2D eigenvalue weighted by molar-refractivity contribution is 0.102. The second-order valence-electron chi connectivity index (χ2n) is 4.48. The summed E-state index contributed by atoms with van der Waals surface area (Å²) in [5.74, 6) is -0.256. The highest BCUT2D eigenvalue weighted by Gasteiger charge is 2.07. The zero-order valence-electron chi connectivity index (χ0n) is 11.0. The molecule has 2 rings (SSSR count). The van der Waals surface area contributed by atoms with Crippen molar-refractivity contribution in [1.29, 1.82) is 0 Å². The fourth-order valence-corrected chi connectivity index (χ4v) is 1.67. The lowest BCUT2D eigenvalue weighted by atomic mass is 10.2. The van der Waals surface area contributed by atoms with Crippen LogP contribution in [0.5, 0.6) is 0 Å². The lowest BCUT2D eigenvalue weighted by Gasteiger charge is -2.10. The Morgan fingerprint density at radius 2 is 1.95 bits per heavy atom. The molecule has 1 aromatic carbocycles. The highest BCUT2D eigenvalue weighted by Crippen LogP contribution is 2.11. The molecule has 0 fully saturated rings. The first-order chi connectivity index (χ1) is 9.15. The minimum Gasteiger partial charge on any atom is -0.321 e. The summed E-state index contributed by atoms with van der Waals surface area (Å²) in [6.45, 7) is 0.873. The molecule has 1 heterocycles. The van der Waals surface area contributed by atoms with E-state index >= 15 is 0 Å². The quantitative estimate of drug-likeness (QED) is 0.906. The van der Waals surface area contributed by atoms with Crippen LogP contribution in [0.1, 0.15) is 16.1 Å². The summed E-state index contributed by atoms with van der Waals surface area (Å²) < 4.78 is 0. The van der Waals surface area contributed by atoms with Crippen molar-refractivity contribution in [2.75, 3.05) is 19.4 Å². The monoisotopic (exact) mass is 256 g/mol. The van der Waals surface area contributed by atoms with Crippen LogP contribution in [0.15, 0.2) is 42.9 Å². The topological polar surface area (TPSA) is 58.1 Å². The van der Waals surface area contributed by atoms with E-state index in [2.05, 4.69) is 20.2 Å². The van der Waals surface area contributed by atoms with E-state index in [0.29, 0.717) is 5.69 Å². The Labute approximate surface area is 112 Å². The highest BCUT2D eigenvalue weighted by molar-refractivity contribution is 6.02. The second-order valence-corrected chi connectivity index (χ2v) is 4.48. The smallest absolute Gasteiger partial charge is 0.275 e. The number of rotatable bonds is 4. The van der Waals surface area contributed by atoms with E-state index in [4.69, 9.17) is 0 Å². The maximum Gasteiger partial charge on any atom is 0.275 e. The maximum atomic E-state index is 11.9. The first kappa shape index (κ1) is 13.2. The van der Waals surface area contributed by atoms with Crippen molar-refractivity contribution in [1.82, 2.24) is 14.9 Å². The third-order valence-electron chi connectivity index (χ3n) is 2.51. The summed E-state index contributed by atoms with van der Waals surface area (Å²) in [4.78, 5) is 21.8. The Morgan fingerprint density at radius 1 is 1.21 bits per heavy atom. The summed E-state index contributed by atoms with van der Waals surface area (Å²) in [6.07, 6.45) is 4.47. The maximum absolute atomic E-state index is 11.9. The average Bonchev–Trinajstić information content (AvgIpc) is 2.41. The lowest BCUT2D eigenvalue weighted by Crippen LogP contribution is -2.14. The van der Waals surface area contributed by atoms with E-state index in [1.54, 1.807) is 0 Å². The molecule has 1 aromatic heterocycles. The number of nitrogens with one attached hydrogen (secondary N) is 1. The van der Waals surface area contributed by atoms with E-state index < -0.39 is 0 Å². The van der Waals surface area contributed by atoms with Crippen molar-refractivity contribution in [3.05, 3.63) is 54.1 Å². The molecule has 1 amide bonds. The first-order valence-electron chi connectivity index (χ1n) is 5.96. The zero-order valence-corrected chi connectivity index (χ0v) is 11.0. The number of hydrogen-bond acceptors (Lipinski definition) is 4. The molecule has 5 nitrogen and oxygen atoms in total. The van der Waals surface area contributed by atoms with Crippen LogP contribution in [-0.2, 0) is 6.54 Å². The molecular weight excluding hydrogens is 240 g/mol. The summed E-state index contributed by atoms with van der Waals surface area (Å²) in [6, 6.07) is 7.75. The number of aromatic nitrogens is 2. The number of benzene rings is 1. The Morgan fingerprint density at radius 3 is 2.53 bits per heavy atom. The summed E-state index contributed by atoms with van der Waals surface area (Å²) in [7, 11) is 4.04. The third-order valence-corrected chi connectivity index (χ3v) is 2.51. The number of anilines is 1. The van der Waals surface area contributed by atoms with Gasteiger partial charge in [0.1, 0.15) is 5.69 Å². The molecule has 98 valence electrons. The SMILES string of the molecule is CN(C)Cc1ccc(NC(=O)c2cnccn2)cc1. The van der Waals surface area contributed by atoms with Gasteiger partial charge in [0.05, 0.1) is 6.20 Å². The first-order valence-corrected chi connectivity index (χ1v) is 5.96. The fourth-order valence-electron chi connectivity index (χ4n) is 1.67. The third kappa shape index (κ3) is 3.86. The van der Waals surface area contributed by atoms with Crippen molar-refractivity contribution in [2.45, 2.75) is 6.54 Å². The van der Waals surface area contributed by atoms with Gasteiger partial charge in [-0.3, -0.25) is 9.78 Å². The van der Waals surface area contributed by atoms with Gasteiger partial charge < -0.3 is 10.2 Å². The van der Waals surface area contributed by atoms with Crippen molar-refractivity contribution < 1.29 is 4.79 Å². The molecule has 0 unspecified atom stereocenters. The van der Waals surface area contributed by atoms with Crippen molar-refractivity contribution in [2.24, 2.45) is 0 Å². The van der Waals surface area contributed by atoms with Gasteiger partial charge in [0, 0.05) is 24.6 Å². The van der Waals surface area contributed by atoms with Gasteiger partial charge in [-0.05, 0) is 31.8 Å². The minimum absolute atomic E-state index is 0.256. The van der Waals surface area contributed by atoms with Crippen molar-refractivity contribution >= 4 is 11.6 Å². The molecule has 0 saturated heterocycles. The van der Waals surface area contributed by atoms with Crippen LogP contribution >= 0.6 is 0 Å². The van der Waals surface area contributed by atoms with Crippen LogP contribution in [0.2, 0.25) is 0 Å². The molecule has 0 aliphatic rings. The van der Waals surface area contributed by atoms with Crippen LogP contribution in [0.3, 0.4) is 0 Å². The van der Waals surface area contributed by atoms with Gasteiger partial charge in [-0.15, -0.1) is 0 Å². The van der Waals surface area contributed by atoms with E-state index in [1.165, 1.54) is 24.2 Å². The van der Waals surface area contributed by atoms with Gasteiger partial charge in [-0.25, -0.2) is 4.98 Å². The molecule has 5 heteroatoms.